The van der Waals surface area contributed by atoms with Crippen molar-refractivity contribution in [2.24, 2.45) is 11.8 Å². The molecule has 3 heterocycles. The first-order valence-corrected chi connectivity index (χ1v) is 14.4. The van der Waals surface area contributed by atoms with Gasteiger partial charge in [-0.1, -0.05) is 31.6 Å². The van der Waals surface area contributed by atoms with E-state index in [9.17, 15) is 0 Å². The van der Waals surface area contributed by atoms with E-state index in [-0.39, 0.29) is 43.1 Å². The first kappa shape index (κ1) is 27.3. The fourth-order valence-electron chi connectivity index (χ4n) is 5.94. The largest absolute Gasteiger partial charge is 0.353 e. The minimum Gasteiger partial charge on any atom is -0.353 e. The van der Waals surface area contributed by atoms with Gasteiger partial charge < -0.3 is 28.4 Å². The minimum absolute atomic E-state index is 0.0562. The van der Waals surface area contributed by atoms with E-state index in [1.165, 1.54) is 12.8 Å². The fraction of sp³-hybridized carbons (Fsp3) is 0.862. The second-order valence-electron chi connectivity index (χ2n) is 10.6. The zero-order valence-corrected chi connectivity index (χ0v) is 21.8. The fourth-order valence-corrected chi connectivity index (χ4v) is 5.94. The predicted octanol–water partition coefficient (Wildman–Crippen LogP) is 6.29. The molecule has 6 nitrogen and oxygen atoms in total. The van der Waals surface area contributed by atoms with Gasteiger partial charge in [-0.15, -0.1) is 6.58 Å². The first-order chi connectivity index (χ1) is 17.3. The highest BCUT2D eigenvalue weighted by atomic mass is 16.7. The summed E-state index contributed by atoms with van der Waals surface area (Å²) in [6.07, 6.45) is 20.2. The summed E-state index contributed by atoms with van der Waals surface area (Å²) in [7, 11) is 0. The second kappa shape index (κ2) is 14.8. The van der Waals surface area contributed by atoms with E-state index >= 15 is 0 Å². The first-order valence-electron chi connectivity index (χ1n) is 14.4. The maximum absolute atomic E-state index is 6.61. The van der Waals surface area contributed by atoms with Gasteiger partial charge in [0.15, 0.2) is 18.9 Å². The Morgan fingerprint density at radius 3 is 1.97 bits per heavy atom. The zero-order chi connectivity index (χ0) is 24.3. The molecule has 0 aromatic heterocycles. The van der Waals surface area contributed by atoms with E-state index in [2.05, 4.69) is 25.7 Å². The molecule has 0 spiro atoms. The summed E-state index contributed by atoms with van der Waals surface area (Å²) in [5.41, 5.74) is 0. The lowest BCUT2D eigenvalue weighted by Crippen LogP contribution is -2.31. The summed E-state index contributed by atoms with van der Waals surface area (Å²) in [4.78, 5) is 0. The molecule has 4 rings (SSSR count). The van der Waals surface area contributed by atoms with Crippen LogP contribution in [0.2, 0.25) is 0 Å². The van der Waals surface area contributed by atoms with Crippen LogP contribution in [0.1, 0.15) is 90.4 Å². The molecule has 4 aliphatic rings. The van der Waals surface area contributed by atoms with E-state index in [0.717, 1.165) is 90.4 Å². The van der Waals surface area contributed by atoms with Crippen LogP contribution in [0.5, 0.6) is 0 Å². The maximum Gasteiger partial charge on any atom is 0.158 e. The lowest BCUT2D eigenvalue weighted by molar-refractivity contribution is -0.203. The summed E-state index contributed by atoms with van der Waals surface area (Å²) in [6.45, 7) is 8.66. The van der Waals surface area contributed by atoms with E-state index in [4.69, 9.17) is 28.4 Å². The van der Waals surface area contributed by atoms with Gasteiger partial charge in [-0.2, -0.15) is 0 Å². The number of hydrogen-bond acceptors (Lipinski definition) is 6. The number of allylic oxidation sites excluding steroid dienone is 1. The van der Waals surface area contributed by atoms with E-state index in [1.54, 1.807) is 0 Å². The Morgan fingerprint density at radius 2 is 1.43 bits per heavy atom. The number of hydrogen-bond donors (Lipinski definition) is 0. The minimum atomic E-state index is -0.114. The molecule has 1 aliphatic carbocycles. The molecule has 0 radical (unpaired) electrons. The van der Waals surface area contributed by atoms with Crippen molar-refractivity contribution in [3.63, 3.8) is 0 Å². The molecule has 3 saturated heterocycles. The summed E-state index contributed by atoms with van der Waals surface area (Å²) in [6, 6.07) is 0. The van der Waals surface area contributed by atoms with Gasteiger partial charge in [0.25, 0.3) is 0 Å². The van der Waals surface area contributed by atoms with Crippen LogP contribution in [-0.2, 0) is 28.4 Å². The van der Waals surface area contributed by atoms with Gasteiger partial charge >= 0.3 is 0 Å². The SMILES string of the molecule is C=CC[C@@H]1[C@@H](/C=C/[C@H](CCC)OC2CCCCO2)[C@H](OC2CCCCO2)C[C@@H]1OC1CCCCO1. The van der Waals surface area contributed by atoms with Gasteiger partial charge in [0.1, 0.15) is 0 Å². The Morgan fingerprint density at radius 1 is 0.829 bits per heavy atom. The molecule has 0 N–H and O–H groups in total. The van der Waals surface area contributed by atoms with Gasteiger partial charge in [0.05, 0.1) is 18.3 Å². The van der Waals surface area contributed by atoms with Crippen LogP contribution in [0.15, 0.2) is 24.8 Å². The quantitative estimate of drug-likeness (QED) is 0.298. The van der Waals surface area contributed by atoms with E-state index in [1.807, 2.05) is 6.08 Å². The Labute approximate surface area is 212 Å². The maximum atomic E-state index is 6.61. The molecule has 6 heteroatoms. The van der Waals surface area contributed by atoms with Gasteiger partial charge in [0.2, 0.25) is 0 Å². The van der Waals surface area contributed by atoms with Gasteiger partial charge in [0, 0.05) is 32.2 Å². The number of rotatable bonds is 12. The highest BCUT2D eigenvalue weighted by Crippen LogP contribution is 2.42. The molecule has 1 saturated carbocycles. The normalized spacial score (nSPS) is 37.5. The molecule has 200 valence electrons. The molecule has 0 aromatic rings. The van der Waals surface area contributed by atoms with E-state index in [0.29, 0.717) is 5.92 Å². The molecule has 0 aromatic carbocycles. The van der Waals surface area contributed by atoms with Gasteiger partial charge in [-0.3, -0.25) is 0 Å². The van der Waals surface area contributed by atoms with Crippen LogP contribution in [0.4, 0.5) is 0 Å². The molecular weight excluding hydrogens is 444 g/mol. The third kappa shape index (κ3) is 8.37. The van der Waals surface area contributed by atoms with Crippen molar-refractivity contribution < 1.29 is 28.4 Å². The van der Waals surface area contributed by atoms with Crippen molar-refractivity contribution in [3.05, 3.63) is 24.8 Å². The molecule has 3 aliphatic heterocycles. The Balaban J connectivity index is 1.47. The molecule has 4 fully saturated rings. The number of ether oxygens (including phenoxy) is 6. The summed E-state index contributed by atoms with van der Waals surface area (Å²) < 4.78 is 37.3. The molecule has 0 amide bonds. The van der Waals surface area contributed by atoms with Crippen molar-refractivity contribution in [3.8, 4) is 0 Å². The van der Waals surface area contributed by atoms with Crippen molar-refractivity contribution in [1.29, 1.82) is 0 Å². The van der Waals surface area contributed by atoms with Crippen LogP contribution < -0.4 is 0 Å². The topological polar surface area (TPSA) is 55.4 Å². The van der Waals surface area contributed by atoms with Crippen LogP contribution >= 0.6 is 0 Å². The molecule has 35 heavy (non-hydrogen) atoms. The summed E-state index contributed by atoms with van der Waals surface area (Å²) >= 11 is 0. The van der Waals surface area contributed by atoms with Crippen molar-refractivity contribution in [2.45, 2.75) is 128 Å². The predicted molar refractivity (Wildman–Crippen MR) is 136 cm³/mol. The van der Waals surface area contributed by atoms with E-state index < -0.39 is 0 Å². The Bertz CT molecular complexity index is 621. The monoisotopic (exact) mass is 492 g/mol. The van der Waals surface area contributed by atoms with Gasteiger partial charge in [-0.05, 0) is 76.5 Å². The molecule has 0 bridgehead atoms. The van der Waals surface area contributed by atoms with Crippen molar-refractivity contribution in [2.75, 3.05) is 19.8 Å². The van der Waals surface area contributed by atoms with Crippen molar-refractivity contribution in [1.82, 2.24) is 0 Å². The average Bonchev–Trinajstić information content (AvgIpc) is 3.20. The average molecular weight is 493 g/mol. The standard InChI is InChI=1S/C29H48O6/c1-3-11-22(33-27-13-5-8-18-30-27)16-17-24-23(12-4-2)25(34-28-14-6-9-19-31-28)21-26(24)35-29-15-7-10-20-32-29/h4,16-17,22-29H,2-3,5-15,18-21H2,1H3/b17-16+/t22-,23+,24+,25-,26+,27?,28?,29?/m0/s1. The zero-order valence-electron chi connectivity index (χ0n) is 21.8. The third-order valence-corrected chi connectivity index (χ3v) is 7.82. The third-order valence-electron chi connectivity index (χ3n) is 7.82. The summed E-state index contributed by atoms with van der Waals surface area (Å²) in [5, 5.41) is 0. The Kier molecular flexibility index (Phi) is 11.6. The van der Waals surface area contributed by atoms with Crippen LogP contribution in [0, 0.1) is 11.8 Å². The highest BCUT2D eigenvalue weighted by Gasteiger charge is 2.45. The Hall–Kier alpha value is -0.760. The lowest BCUT2D eigenvalue weighted by Gasteiger charge is -2.30. The van der Waals surface area contributed by atoms with Crippen LogP contribution in [0.3, 0.4) is 0 Å². The van der Waals surface area contributed by atoms with Crippen molar-refractivity contribution >= 4 is 0 Å². The highest BCUT2D eigenvalue weighted by molar-refractivity contribution is 5.07. The van der Waals surface area contributed by atoms with Gasteiger partial charge in [-0.25, -0.2) is 0 Å². The smallest absolute Gasteiger partial charge is 0.158 e. The van der Waals surface area contributed by atoms with Crippen LogP contribution in [-0.4, -0.2) is 57.0 Å². The lowest BCUT2D eigenvalue weighted by atomic mass is 9.89. The molecule has 3 unspecified atom stereocenters. The second-order valence-corrected chi connectivity index (χ2v) is 10.6. The molecule has 8 atom stereocenters. The summed E-state index contributed by atoms with van der Waals surface area (Å²) in [5.74, 6) is 0.526. The van der Waals surface area contributed by atoms with Crippen LogP contribution in [0.25, 0.3) is 0 Å². The molecular formula is C29H48O6.